The average Bonchev–Trinajstić information content (AvgIpc) is 2.46. The Morgan fingerprint density at radius 2 is 1.95 bits per heavy atom. The molecule has 0 fully saturated rings. The Kier molecular flexibility index (Phi) is 6.57. The number of rotatable bonds is 9. The summed E-state index contributed by atoms with van der Waals surface area (Å²) < 4.78 is 42.2. The van der Waals surface area contributed by atoms with Gasteiger partial charge in [-0.25, -0.2) is 0 Å². The second kappa shape index (κ2) is 7.94. The van der Waals surface area contributed by atoms with E-state index in [0.717, 1.165) is 0 Å². The first-order chi connectivity index (χ1) is 9.50. The number of halogens is 2. The van der Waals surface area contributed by atoms with Crippen LogP contribution in [0, 0.1) is 0 Å². The maximum atomic E-state index is 13.9. The third-order valence-electron chi connectivity index (χ3n) is 2.58. The van der Waals surface area contributed by atoms with Crippen LogP contribution in [-0.2, 0) is 14.2 Å². The molecule has 1 rings (SSSR count). The molecule has 0 bridgehead atoms. The maximum absolute atomic E-state index is 13.9. The van der Waals surface area contributed by atoms with Gasteiger partial charge in [-0.3, -0.25) is 0 Å². The van der Waals surface area contributed by atoms with Gasteiger partial charge >= 0.3 is 5.92 Å². The summed E-state index contributed by atoms with van der Waals surface area (Å²) in [6, 6.07) is 7.60. The molecule has 112 valence electrons. The minimum Gasteiger partial charge on any atom is -0.466 e. The summed E-state index contributed by atoms with van der Waals surface area (Å²) >= 11 is 0. The summed E-state index contributed by atoms with van der Waals surface area (Å²) in [7, 11) is 1.49. The second-order valence-electron chi connectivity index (χ2n) is 4.02. The van der Waals surface area contributed by atoms with Crippen molar-refractivity contribution in [1.82, 2.24) is 0 Å². The molecule has 0 heterocycles. The van der Waals surface area contributed by atoms with Gasteiger partial charge in [0.25, 0.3) is 0 Å². The van der Waals surface area contributed by atoms with Gasteiger partial charge in [-0.05, 0) is 5.56 Å². The van der Waals surface area contributed by atoms with Gasteiger partial charge in [-0.15, -0.1) is 0 Å². The average molecular weight is 288 g/mol. The molecule has 0 aromatic heterocycles. The molecule has 0 saturated heterocycles. The van der Waals surface area contributed by atoms with Crippen LogP contribution in [0.1, 0.15) is 11.7 Å². The number of hydrogen-bond acceptors (Lipinski definition) is 4. The first-order valence-corrected chi connectivity index (χ1v) is 5.99. The van der Waals surface area contributed by atoms with E-state index >= 15 is 0 Å². The molecular weight excluding hydrogens is 270 g/mol. The normalized spacial score (nSPS) is 13.0. The Morgan fingerprint density at radius 1 is 1.30 bits per heavy atom. The van der Waals surface area contributed by atoms with Crippen molar-refractivity contribution in [2.75, 3.05) is 27.1 Å². The highest BCUT2D eigenvalue weighted by molar-refractivity contribution is 5.22. The SMILES string of the molecule is C=C(OCOCCOC)C(F)(F)C(O)c1ccccc1. The van der Waals surface area contributed by atoms with E-state index in [0.29, 0.717) is 6.61 Å². The lowest BCUT2D eigenvalue weighted by molar-refractivity contribution is -0.137. The summed E-state index contributed by atoms with van der Waals surface area (Å²) in [5, 5.41) is 9.71. The van der Waals surface area contributed by atoms with Crippen molar-refractivity contribution in [3.8, 4) is 0 Å². The number of aliphatic hydroxyl groups excluding tert-OH is 1. The number of methoxy groups -OCH3 is 1. The smallest absolute Gasteiger partial charge is 0.332 e. The number of aliphatic hydroxyl groups is 1. The summed E-state index contributed by atoms with van der Waals surface area (Å²) in [6.07, 6.45) is -2.02. The molecule has 6 heteroatoms. The van der Waals surface area contributed by atoms with Crippen molar-refractivity contribution in [2.24, 2.45) is 0 Å². The van der Waals surface area contributed by atoms with Crippen molar-refractivity contribution in [3.05, 3.63) is 48.2 Å². The predicted octanol–water partition coefficient (Wildman–Crippen LogP) is 2.51. The van der Waals surface area contributed by atoms with Crippen LogP contribution in [0.15, 0.2) is 42.7 Å². The zero-order valence-corrected chi connectivity index (χ0v) is 11.2. The van der Waals surface area contributed by atoms with Crippen LogP contribution in [0.2, 0.25) is 0 Å². The number of alkyl halides is 2. The van der Waals surface area contributed by atoms with Gasteiger partial charge in [-0.1, -0.05) is 36.9 Å². The molecule has 0 saturated carbocycles. The quantitative estimate of drug-likeness (QED) is 0.431. The fourth-order valence-corrected chi connectivity index (χ4v) is 1.41. The summed E-state index contributed by atoms with van der Waals surface area (Å²) in [4.78, 5) is 0. The Bertz CT molecular complexity index is 409. The third kappa shape index (κ3) is 4.56. The van der Waals surface area contributed by atoms with Gasteiger partial charge in [0.1, 0.15) is 0 Å². The first kappa shape index (κ1) is 16.6. The lowest BCUT2D eigenvalue weighted by atomic mass is 10.0. The highest BCUT2D eigenvalue weighted by atomic mass is 19.3. The fraction of sp³-hybridized carbons (Fsp3) is 0.429. The molecule has 0 aliphatic rings. The van der Waals surface area contributed by atoms with Crippen LogP contribution < -0.4 is 0 Å². The van der Waals surface area contributed by atoms with E-state index in [-0.39, 0.29) is 19.0 Å². The molecule has 1 N–H and O–H groups in total. The van der Waals surface area contributed by atoms with Gasteiger partial charge < -0.3 is 19.3 Å². The monoisotopic (exact) mass is 288 g/mol. The predicted molar refractivity (Wildman–Crippen MR) is 69.3 cm³/mol. The van der Waals surface area contributed by atoms with Crippen LogP contribution in [0.3, 0.4) is 0 Å². The van der Waals surface area contributed by atoms with E-state index in [2.05, 4.69) is 6.58 Å². The zero-order chi connectivity index (χ0) is 15.0. The van der Waals surface area contributed by atoms with Crippen molar-refractivity contribution in [2.45, 2.75) is 12.0 Å². The number of hydrogen-bond donors (Lipinski definition) is 1. The van der Waals surface area contributed by atoms with Crippen LogP contribution in [0.25, 0.3) is 0 Å². The van der Waals surface area contributed by atoms with Crippen LogP contribution >= 0.6 is 0 Å². The van der Waals surface area contributed by atoms with Crippen LogP contribution in [0.5, 0.6) is 0 Å². The maximum Gasteiger partial charge on any atom is 0.332 e. The van der Waals surface area contributed by atoms with Gasteiger partial charge in [-0.2, -0.15) is 8.78 Å². The molecule has 0 radical (unpaired) electrons. The largest absolute Gasteiger partial charge is 0.466 e. The highest BCUT2D eigenvalue weighted by Gasteiger charge is 2.44. The summed E-state index contributed by atoms with van der Waals surface area (Å²) in [5.41, 5.74) is 0.0857. The van der Waals surface area contributed by atoms with E-state index in [1.54, 1.807) is 18.2 Å². The molecule has 0 aliphatic carbocycles. The minimum absolute atomic E-state index is 0.0857. The molecule has 1 aromatic carbocycles. The van der Waals surface area contributed by atoms with Gasteiger partial charge in [0.2, 0.25) is 0 Å². The molecule has 1 aromatic rings. The molecule has 0 amide bonds. The lowest BCUT2D eigenvalue weighted by Gasteiger charge is -2.24. The first-order valence-electron chi connectivity index (χ1n) is 5.99. The van der Waals surface area contributed by atoms with Crippen molar-refractivity contribution < 1.29 is 28.1 Å². The van der Waals surface area contributed by atoms with Gasteiger partial charge in [0.15, 0.2) is 18.7 Å². The lowest BCUT2D eigenvalue weighted by Crippen LogP contribution is -2.30. The Labute approximate surface area is 116 Å². The topological polar surface area (TPSA) is 47.9 Å². The standard InChI is InChI=1S/C14H18F2O4/c1-11(20-10-19-9-8-18-2)14(15,16)13(17)12-6-4-3-5-7-12/h3-7,13,17H,1,8-10H2,2H3. The molecule has 1 unspecified atom stereocenters. The van der Waals surface area contributed by atoms with E-state index < -0.39 is 17.8 Å². The Hall–Kier alpha value is -1.50. The van der Waals surface area contributed by atoms with E-state index in [1.807, 2.05) is 0 Å². The fourth-order valence-electron chi connectivity index (χ4n) is 1.41. The van der Waals surface area contributed by atoms with Crippen LogP contribution in [-0.4, -0.2) is 38.1 Å². The molecule has 0 aliphatic heterocycles. The van der Waals surface area contributed by atoms with Gasteiger partial charge in [0.05, 0.1) is 13.2 Å². The highest BCUT2D eigenvalue weighted by Crippen LogP contribution is 2.37. The number of benzene rings is 1. The summed E-state index contributed by atoms with van der Waals surface area (Å²) in [6.45, 7) is 3.32. The number of ether oxygens (including phenoxy) is 3. The zero-order valence-electron chi connectivity index (χ0n) is 11.2. The Balaban J connectivity index is 2.52. The summed E-state index contributed by atoms with van der Waals surface area (Å²) in [5.74, 6) is -4.45. The molecule has 4 nitrogen and oxygen atoms in total. The molecule has 20 heavy (non-hydrogen) atoms. The molecule has 0 spiro atoms. The molecular formula is C14H18F2O4. The van der Waals surface area contributed by atoms with Crippen molar-refractivity contribution in [1.29, 1.82) is 0 Å². The van der Waals surface area contributed by atoms with E-state index in [4.69, 9.17) is 14.2 Å². The van der Waals surface area contributed by atoms with Crippen LogP contribution in [0.4, 0.5) is 8.78 Å². The van der Waals surface area contributed by atoms with Gasteiger partial charge in [0, 0.05) is 7.11 Å². The molecule has 1 atom stereocenters. The van der Waals surface area contributed by atoms with E-state index in [1.165, 1.54) is 19.2 Å². The van der Waals surface area contributed by atoms with E-state index in [9.17, 15) is 13.9 Å². The Morgan fingerprint density at radius 3 is 2.55 bits per heavy atom. The third-order valence-corrected chi connectivity index (χ3v) is 2.58. The second-order valence-corrected chi connectivity index (χ2v) is 4.02. The van der Waals surface area contributed by atoms with Crippen molar-refractivity contribution >= 4 is 0 Å². The van der Waals surface area contributed by atoms with Crippen molar-refractivity contribution in [3.63, 3.8) is 0 Å². The minimum atomic E-state index is -3.61.